The SMILES string of the molecule is Cc1ccc2c(n1)C(O)CCC2OC1CCCc2ccc(Br)nc21. The summed E-state index contributed by atoms with van der Waals surface area (Å²) in [6.45, 7) is 1.95. The van der Waals surface area contributed by atoms with Crippen molar-refractivity contribution in [3.8, 4) is 0 Å². The van der Waals surface area contributed by atoms with Gasteiger partial charge in [0.15, 0.2) is 0 Å². The Kier molecular flexibility index (Phi) is 4.41. The van der Waals surface area contributed by atoms with Crippen molar-refractivity contribution in [1.82, 2.24) is 9.97 Å². The molecule has 4 rings (SSSR count). The molecule has 0 fully saturated rings. The van der Waals surface area contributed by atoms with E-state index in [-0.39, 0.29) is 12.2 Å². The van der Waals surface area contributed by atoms with Crippen LogP contribution in [0.5, 0.6) is 0 Å². The maximum atomic E-state index is 10.3. The monoisotopic (exact) mass is 388 g/mol. The van der Waals surface area contributed by atoms with Gasteiger partial charge in [0.25, 0.3) is 0 Å². The van der Waals surface area contributed by atoms with Gasteiger partial charge in [0, 0.05) is 11.3 Å². The van der Waals surface area contributed by atoms with Crippen LogP contribution in [0.15, 0.2) is 28.9 Å². The van der Waals surface area contributed by atoms with Gasteiger partial charge in [0.05, 0.1) is 23.6 Å². The number of aryl methyl sites for hydroxylation is 2. The molecule has 2 aliphatic carbocycles. The van der Waals surface area contributed by atoms with Gasteiger partial charge < -0.3 is 9.84 Å². The van der Waals surface area contributed by atoms with Crippen LogP contribution < -0.4 is 0 Å². The molecule has 0 aromatic carbocycles. The van der Waals surface area contributed by atoms with Crippen LogP contribution in [0, 0.1) is 6.92 Å². The number of ether oxygens (including phenoxy) is 1. The van der Waals surface area contributed by atoms with Crippen LogP contribution in [0.4, 0.5) is 0 Å². The van der Waals surface area contributed by atoms with Gasteiger partial charge in [0.2, 0.25) is 0 Å². The average Bonchev–Trinajstić information content (AvgIpc) is 2.58. The third-order valence-corrected chi connectivity index (χ3v) is 5.43. The Morgan fingerprint density at radius 3 is 2.79 bits per heavy atom. The zero-order valence-corrected chi connectivity index (χ0v) is 15.3. The molecular formula is C19H21BrN2O2. The summed E-state index contributed by atoms with van der Waals surface area (Å²) in [4.78, 5) is 9.22. The lowest BCUT2D eigenvalue weighted by Crippen LogP contribution is -2.22. The number of aliphatic hydroxyl groups is 1. The van der Waals surface area contributed by atoms with Gasteiger partial charge >= 0.3 is 0 Å². The van der Waals surface area contributed by atoms with Crippen molar-refractivity contribution >= 4 is 15.9 Å². The van der Waals surface area contributed by atoms with Crippen molar-refractivity contribution in [3.05, 3.63) is 57.1 Å². The molecule has 2 heterocycles. The van der Waals surface area contributed by atoms with E-state index in [1.54, 1.807) is 0 Å². The van der Waals surface area contributed by atoms with Crippen molar-refractivity contribution in [2.75, 3.05) is 0 Å². The van der Waals surface area contributed by atoms with Gasteiger partial charge in [-0.25, -0.2) is 4.98 Å². The van der Waals surface area contributed by atoms with E-state index in [0.29, 0.717) is 6.42 Å². The smallest absolute Gasteiger partial charge is 0.106 e. The molecule has 3 unspecified atom stereocenters. The molecule has 0 radical (unpaired) electrons. The van der Waals surface area contributed by atoms with Gasteiger partial charge in [-0.3, -0.25) is 4.98 Å². The Labute approximate surface area is 150 Å². The molecule has 2 aromatic rings. The predicted octanol–water partition coefficient (Wildman–Crippen LogP) is 4.51. The van der Waals surface area contributed by atoms with E-state index in [9.17, 15) is 5.11 Å². The average molecular weight is 389 g/mol. The number of rotatable bonds is 2. The van der Waals surface area contributed by atoms with Crippen LogP contribution in [0.2, 0.25) is 0 Å². The van der Waals surface area contributed by atoms with Crippen molar-refractivity contribution in [3.63, 3.8) is 0 Å². The molecule has 5 heteroatoms. The number of fused-ring (bicyclic) bond motifs is 2. The molecule has 0 bridgehead atoms. The molecular weight excluding hydrogens is 368 g/mol. The number of aromatic nitrogens is 2. The molecule has 2 aromatic heterocycles. The van der Waals surface area contributed by atoms with E-state index in [0.717, 1.165) is 52.9 Å². The van der Waals surface area contributed by atoms with Crippen molar-refractivity contribution < 1.29 is 9.84 Å². The van der Waals surface area contributed by atoms with Crippen molar-refractivity contribution in [2.45, 2.75) is 57.3 Å². The van der Waals surface area contributed by atoms with E-state index in [1.165, 1.54) is 5.56 Å². The first-order chi connectivity index (χ1) is 11.6. The van der Waals surface area contributed by atoms with Crippen LogP contribution in [-0.4, -0.2) is 15.1 Å². The topological polar surface area (TPSA) is 55.2 Å². The minimum atomic E-state index is -0.481. The molecule has 0 saturated carbocycles. The van der Waals surface area contributed by atoms with E-state index in [1.807, 2.05) is 19.1 Å². The van der Waals surface area contributed by atoms with Crippen LogP contribution >= 0.6 is 15.9 Å². The minimum Gasteiger partial charge on any atom is -0.387 e. The molecule has 0 aliphatic heterocycles. The number of hydrogen-bond donors (Lipinski definition) is 1. The molecule has 126 valence electrons. The van der Waals surface area contributed by atoms with Crippen molar-refractivity contribution in [1.29, 1.82) is 0 Å². The summed E-state index contributed by atoms with van der Waals surface area (Å²) in [6.07, 6.45) is 4.20. The van der Waals surface area contributed by atoms with Gasteiger partial charge in [-0.15, -0.1) is 0 Å². The summed E-state index contributed by atoms with van der Waals surface area (Å²) in [5.41, 5.74) is 5.09. The fourth-order valence-corrected chi connectivity index (χ4v) is 4.11. The quantitative estimate of drug-likeness (QED) is 0.768. The summed E-state index contributed by atoms with van der Waals surface area (Å²) >= 11 is 3.47. The zero-order valence-electron chi connectivity index (χ0n) is 13.7. The normalized spacial score (nSPS) is 25.9. The fraction of sp³-hybridized carbons (Fsp3) is 0.474. The second-order valence-corrected chi connectivity index (χ2v) is 7.52. The standard InChI is InChI=1S/C19H21BrN2O2/c1-11-5-7-13-15(9-8-14(23)19(13)21-11)24-16-4-2-3-12-6-10-17(20)22-18(12)16/h5-7,10,14-16,23H,2-4,8-9H2,1H3. The summed E-state index contributed by atoms with van der Waals surface area (Å²) < 4.78 is 7.35. The Balaban J connectivity index is 1.64. The van der Waals surface area contributed by atoms with Crippen LogP contribution in [0.3, 0.4) is 0 Å². The predicted molar refractivity (Wildman–Crippen MR) is 94.6 cm³/mol. The molecule has 3 atom stereocenters. The van der Waals surface area contributed by atoms with Crippen molar-refractivity contribution in [2.24, 2.45) is 0 Å². The Bertz CT molecular complexity index is 765. The largest absolute Gasteiger partial charge is 0.387 e. The highest BCUT2D eigenvalue weighted by molar-refractivity contribution is 9.10. The van der Waals surface area contributed by atoms with Gasteiger partial charge in [0.1, 0.15) is 10.7 Å². The fourth-order valence-electron chi connectivity index (χ4n) is 3.78. The maximum absolute atomic E-state index is 10.3. The molecule has 0 amide bonds. The lowest BCUT2D eigenvalue weighted by atomic mass is 9.89. The minimum absolute atomic E-state index is 0.0145. The highest BCUT2D eigenvalue weighted by Crippen LogP contribution is 2.42. The van der Waals surface area contributed by atoms with E-state index >= 15 is 0 Å². The second-order valence-electron chi connectivity index (χ2n) is 6.70. The summed E-state index contributed by atoms with van der Waals surface area (Å²) in [7, 11) is 0. The molecule has 2 aliphatic rings. The Hall–Kier alpha value is -1.30. The summed E-state index contributed by atoms with van der Waals surface area (Å²) in [5.74, 6) is 0. The van der Waals surface area contributed by atoms with Gasteiger partial charge in [-0.2, -0.15) is 0 Å². The van der Waals surface area contributed by atoms with Gasteiger partial charge in [-0.1, -0.05) is 12.1 Å². The molecule has 0 saturated heterocycles. The third kappa shape index (κ3) is 3.01. The lowest BCUT2D eigenvalue weighted by Gasteiger charge is -2.33. The number of nitrogens with zero attached hydrogens (tertiary/aromatic N) is 2. The maximum Gasteiger partial charge on any atom is 0.106 e. The zero-order chi connectivity index (χ0) is 16.7. The lowest BCUT2D eigenvalue weighted by molar-refractivity contribution is -0.0449. The number of hydrogen-bond acceptors (Lipinski definition) is 4. The summed E-state index contributed by atoms with van der Waals surface area (Å²) in [5, 5.41) is 10.3. The highest BCUT2D eigenvalue weighted by Gasteiger charge is 2.32. The molecule has 1 N–H and O–H groups in total. The van der Waals surface area contributed by atoms with Crippen LogP contribution in [0.25, 0.3) is 0 Å². The molecule has 24 heavy (non-hydrogen) atoms. The van der Waals surface area contributed by atoms with Gasteiger partial charge in [-0.05, 0) is 72.7 Å². The second kappa shape index (κ2) is 6.54. The first-order valence-corrected chi connectivity index (χ1v) is 9.37. The Morgan fingerprint density at radius 2 is 1.92 bits per heavy atom. The molecule has 4 nitrogen and oxygen atoms in total. The summed E-state index contributed by atoms with van der Waals surface area (Å²) in [6, 6.07) is 8.20. The number of pyridine rings is 2. The van der Waals surface area contributed by atoms with E-state index in [2.05, 4.69) is 38.0 Å². The number of aliphatic hydroxyl groups excluding tert-OH is 1. The first kappa shape index (κ1) is 16.2. The number of halogens is 1. The highest BCUT2D eigenvalue weighted by atomic mass is 79.9. The molecule has 0 spiro atoms. The van der Waals surface area contributed by atoms with Crippen LogP contribution in [0.1, 0.15) is 72.2 Å². The Morgan fingerprint density at radius 1 is 1.04 bits per heavy atom. The van der Waals surface area contributed by atoms with Crippen LogP contribution in [-0.2, 0) is 11.2 Å². The third-order valence-electron chi connectivity index (χ3n) is 4.99. The van der Waals surface area contributed by atoms with E-state index in [4.69, 9.17) is 4.74 Å². The van der Waals surface area contributed by atoms with E-state index < -0.39 is 6.10 Å². The first-order valence-electron chi connectivity index (χ1n) is 8.58.